The number of fused-ring (bicyclic) bond motifs is 1. The van der Waals surface area contributed by atoms with E-state index in [-0.39, 0.29) is 30.1 Å². The Kier molecular flexibility index (Phi) is 8.88. The topological polar surface area (TPSA) is 64.1 Å². The average Bonchev–Trinajstić information content (AvgIpc) is 3.08. The predicted octanol–water partition coefficient (Wildman–Crippen LogP) is 3.90. The maximum absolute atomic E-state index is 5.89. The monoisotopic (exact) mass is 511 g/mol. The second-order valence-electron chi connectivity index (χ2n) is 6.80. The van der Waals surface area contributed by atoms with Crippen molar-refractivity contribution in [1.29, 1.82) is 0 Å². The third-order valence-electron chi connectivity index (χ3n) is 4.67. The summed E-state index contributed by atoms with van der Waals surface area (Å²) in [6.45, 7) is 6.11. The summed E-state index contributed by atoms with van der Waals surface area (Å²) in [6, 6.07) is 12.1. The van der Waals surface area contributed by atoms with Gasteiger partial charge in [-0.3, -0.25) is 0 Å². The second kappa shape index (κ2) is 11.1. The van der Waals surface area contributed by atoms with Gasteiger partial charge in [0.2, 0.25) is 0 Å². The van der Waals surface area contributed by atoms with Gasteiger partial charge in [0.25, 0.3) is 0 Å². The Morgan fingerprint density at radius 2 is 1.90 bits per heavy atom. The normalized spacial score (nSPS) is 15.0. The van der Waals surface area contributed by atoms with Gasteiger partial charge in [0.1, 0.15) is 23.4 Å². The average molecular weight is 511 g/mol. The molecule has 158 valence electrons. The Bertz CT molecular complexity index is 825. The highest BCUT2D eigenvalue weighted by atomic mass is 127. The summed E-state index contributed by atoms with van der Waals surface area (Å²) in [5.74, 6) is 3.42. The molecule has 3 rings (SSSR count). The molecule has 0 saturated carbocycles. The summed E-state index contributed by atoms with van der Waals surface area (Å²) in [4.78, 5) is 4.68. The van der Waals surface area contributed by atoms with E-state index < -0.39 is 0 Å². The first-order valence-corrected chi connectivity index (χ1v) is 9.64. The van der Waals surface area contributed by atoms with Crippen LogP contribution >= 0.6 is 24.0 Å². The van der Waals surface area contributed by atoms with Crippen molar-refractivity contribution < 1.29 is 14.2 Å². The van der Waals surface area contributed by atoms with Gasteiger partial charge in [-0.05, 0) is 43.7 Å². The van der Waals surface area contributed by atoms with Crippen molar-refractivity contribution in [1.82, 2.24) is 10.6 Å². The number of benzene rings is 2. The summed E-state index contributed by atoms with van der Waals surface area (Å²) in [5, 5.41) is 6.67. The van der Waals surface area contributed by atoms with Crippen molar-refractivity contribution in [3.05, 3.63) is 53.1 Å². The van der Waals surface area contributed by atoms with Crippen molar-refractivity contribution >= 4 is 29.9 Å². The molecule has 29 heavy (non-hydrogen) atoms. The fourth-order valence-corrected chi connectivity index (χ4v) is 3.23. The first-order valence-electron chi connectivity index (χ1n) is 9.64. The highest BCUT2D eigenvalue weighted by Gasteiger charge is 2.21. The number of methoxy groups -OCH3 is 2. The molecule has 0 amide bonds. The Morgan fingerprint density at radius 1 is 1.14 bits per heavy atom. The van der Waals surface area contributed by atoms with Crippen LogP contribution in [0, 0.1) is 0 Å². The van der Waals surface area contributed by atoms with Crippen LogP contribution in [-0.2, 0) is 19.5 Å². The number of hydrogen-bond donors (Lipinski definition) is 2. The maximum Gasteiger partial charge on any atom is 0.191 e. The van der Waals surface area contributed by atoms with Crippen molar-refractivity contribution in [3.63, 3.8) is 0 Å². The zero-order chi connectivity index (χ0) is 19.9. The van der Waals surface area contributed by atoms with Crippen LogP contribution in [0.25, 0.3) is 0 Å². The largest absolute Gasteiger partial charge is 0.497 e. The Balaban J connectivity index is 0.00000300. The third kappa shape index (κ3) is 6.16. The first kappa shape index (κ1) is 23.1. The van der Waals surface area contributed by atoms with Crippen molar-refractivity contribution in [2.24, 2.45) is 4.99 Å². The molecule has 1 aliphatic heterocycles. The van der Waals surface area contributed by atoms with Crippen molar-refractivity contribution in [2.75, 3.05) is 20.8 Å². The molecule has 2 N–H and O–H groups in total. The zero-order valence-electron chi connectivity index (χ0n) is 17.5. The van der Waals surface area contributed by atoms with Crippen molar-refractivity contribution in [3.8, 4) is 17.2 Å². The highest BCUT2D eigenvalue weighted by Crippen LogP contribution is 2.34. The molecule has 7 heteroatoms. The summed E-state index contributed by atoms with van der Waals surface area (Å²) in [7, 11) is 3.37. The molecule has 2 aromatic rings. The fraction of sp³-hybridized carbons (Fsp3) is 0.409. The van der Waals surface area contributed by atoms with E-state index in [9.17, 15) is 0 Å². The van der Waals surface area contributed by atoms with Gasteiger partial charge in [-0.25, -0.2) is 4.99 Å². The van der Waals surface area contributed by atoms with Gasteiger partial charge in [0.15, 0.2) is 5.96 Å². The maximum atomic E-state index is 5.89. The Morgan fingerprint density at radius 3 is 2.55 bits per heavy atom. The van der Waals surface area contributed by atoms with E-state index in [4.69, 9.17) is 14.2 Å². The number of guanidine groups is 1. The lowest BCUT2D eigenvalue weighted by Gasteiger charge is -2.15. The van der Waals surface area contributed by atoms with Gasteiger partial charge in [0, 0.05) is 30.6 Å². The Hall–Kier alpha value is -2.16. The molecule has 0 fully saturated rings. The molecule has 1 aliphatic rings. The SMILES string of the molecule is CCNC(=NCc1ccc(OC)cc1)NCc1cc2c(cc1OC)CC(C)O2.I. The molecule has 6 nitrogen and oxygen atoms in total. The number of nitrogens with one attached hydrogen (secondary N) is 2. The number of halogens is 1. The molecule has 0 aliphatic carbocycles. The lowest BCUT2D eigenvalue weighted by atomic mass is 10.1. The fourth-order valence-electron chi connectivity index (χ4n) is 3.23. The molecule has 0 aromatic heterocycles. The summed E-state index contributed by atoms with van der Waals surface area (Å²) in [6.07, 6.45) is 1.14. The van der Waals surface area contributed by atoms with Crippen LogP contribution in [-0.4, -0.2) is 32.8 Å². The van der Waals surface area contributed by atoms with E-state index in [0.29, 0.717) is 13.1 Å². The minimum Gasteiger partial charge on any atom is -0.497 e. The van der Waals surface area contributed by atoms with Crippen LogP contribution in [0.5, 0.6) is 17.2 Å². The van der Waals surface area contributed by atoms with Gasteiger partial charge in [-0.15, -0.1) is 24.0 Å². The minimum atomic E-state index is 0. The van der Waals surface area contributed by atoms with Crippen molar-refractivity contribution in [2.45, 2.75) is 39.5 Å². The number of ether oxygens (including phenoxy) is 3. The Labute approximate surface area is 190 Å². The van der Waals surface area contributed by atoms with E-state index in [1.54, 1.807) is 14.2 Å². The number of aliphatic imine (C=N–C) groups is 1. The van der Waals surface area contributed by atoms with Gasteiger partial charge in [-0.2, -0.15) is 0 Å². The molecule has 1 heterocycles. The van der Waals surface area contributed by atoms with E-state index in [1.807, 2.05) is 24.3 Å². The van der Waals surface area contributed by atoms with Crippen LogP contribution in [0.1, 0.15) is 30.5 Å². The van der Waals surface area contributed by atoms with Crippen LogP contribution < -0.4 is 24.8 Å². The molecule has 0 bridgehead atoms. The van der Waals surface area contributed by atoms with Gasteiger partial charge in [0.05, 0.1) is 20.8 Å². The van der Waals surface area contributed by atoms with Crippen LogP contribution in [0.4, 0.5) is 0 Å². The molecular weight excluding hydrogens is 481 g/mol. The standard InChI is InChI=1S/C22H29N3O3.HI/c1-5-23-22(24-13-16-6-8-19(26-3)9-7-16)25-14-18-12-21-17(10-15(2)28-21)11-20(18)27-4;/h6-9,11-12,15H,5,10,13-14H2,1-4H3,(H2,23,24,25);1H. The van der Waals surface area contributed by atoms with Crippen LogP contribution in [0.3, 0.4) is 0 Å². The molecule has 0 saturated heterocycles. The first-order chi connectivity index (χ1) is 13.6. The minimum absolute atomic E-state index is 0. The van der Waals surface area contributed by atoms with E-state index in [2.05, 4.69) is 41.6 Å². The number of nitrogens with zero attached hydrogens (tertiary/aromatic N) is 1. The van der Waals surface area contributed by atoms with Gasteiger partial charge in [-0.1, -0.05) is 12.1 Å². The smallest absolute Gasteiger partial charge is 0.191 e. The summed E-state index contributed by atoms with van der Waals surface area (Å²) in [5.41, 5.74) is 3.37. The molecule has 0 radical (unpaired) electrons. The lowest BCUT2D eigenvalue weighted by molar-refractivity contribution is 0.254. The van der Waals surface area contributed by atoms with E-state index in [0.717, 1.165) is 47.3 Å². The van der Waals surface area contributed by atoms with Gasteiger partial charge >= 0.3 is 0 Å². The zero-order valence-corrected chi connectivity index (χ0v) is 19.8. The number of hydrogen-bond acceptors (Lipinski definition) is 4. The third-order valence-corrected chi connectivity index (χ3v) is 4.67. The highest BCUT2D eigenvalue weighted by molar-refractivity contribution is 14.0. The van der Waals surface area contributed by atoms with Gasteiger partial charge < -0.3 is 24.8 Å². The molecular formula is C22H30IN3O3. The second-order valence-corrected chi connectivity index (χ2v) is 6.80. The lowest BCUT2D eigenvalue weighted by Crippen LogP contribution is -2.36. The van der Waals surface area contributed by atoms with E-state index >= 15 is 0 Å². The molecule has 2 aromatic carbocycles. The number of rotatable bonds is 7. The molecule has 1 unspecified atom stereocenters. The molecule has 0 spiro atoms. The quantitative estimate of drug-likeness (QED) is 0.336. The van der Waals surface area contributed by atoms with E-state index in [1.165, 1.54) is 5.56 Å². The summed E-state index contributed by atoms with van der Waals surface area (Å²) < 4.78 is 16.7. The van der Waals surface area contributed by atoms with Crippen LogP contribution in [0.2, 0.25) is 0 Å². The predicted molar refractivity (Wildman–Crippen MR) is 127 cm³/mol. The molecule has 1 atom stereocenters. The summed E-state index contributed by atoms with van der Waals surface area (Å²) >= 11 is 0. The van der Waals surface area contributed by atoms with Crippen LogP contribution in [0.15, 0.2) is 41.4 Å².